The summed E-state index contributed by atoms with van der Waals surface area (Å²) < 4.78 is 5.33. The Kier molecular flexibility index (Phi) is 8.27. The summed E-state index contributed by atoms with van der Waals surface area (Å²) >= 11 is 1.16. The average molecular weight is 491 g/mol. The van der Waals surface area contributed by atoms with Crippen LogP contribution in [0.2, 0.25) is 0 Å². The summed E-state index contributed by atoms with van der Waals surface area (Å²) in [6.45, 7) is 8.84. The van der Waals surface area contributed by atoms with E-state index in [-0.39, 0.29) is 18.9 Å². The van der Waals surface area contributed by atoms with Crippen LogP contribution >= 0.6 is 11.8 Å². The number of carbonyl (C=O) groups is 1. The average Bonchev–Trinajstić information content (AvgIpc) is 2.75. The van der Waals surface area contributed by atoms with E-state index in [1.165, 1.54) is 0 Å². The Labute approximate surface area is 204 Å². The van der Waals surface area contributed by atoms with E-state index >= 15 is 0 Å². The zero-order chi connectivity index (χ0) is 24.9. The maximum Gasteiger partial charge on any atom is 0.316 e. The highest BCUT2D eigenvalue weighted by atomic mass is 32.2. The van der Waals surface area contributed by atoms with Crippen LogP contribution in [0.1, 0.15) is 52.5 Å². The molecule has 4 N–H and O–H groups in total. The highest BCUT2D eigenvalue weighted by Crippen LogP contribution is 2.40. The highest BCUT2D eigenvalue weighted by molar-refractivity contribution is 8.00. The summed E-state index contributed by atoms with van der Waals surface area (Å²) in [6.07, 6.45) is 4.31. The monoisotopic (exact) mass is 490 g/mol. The number of thioether (sulfide) groups is 1. The molecule has 186 valence electrons. The smallest absolute Gasteiger partial charge is 0.316 e. The van der Waals surface area contributed by atoms with Gasteiger partial charge < -0.3 is 30.3 Å². The molecule has 1 saturated heterocycles. The lowest BCUT2D eigenvalue weighted by atomic mass is 9.81. The van der Waals surface area contributed by atoms with Crippen LogP contribution in [0, 0.1) is 0 Å². The van der Waals surface area contributed by atoms with Crippen LogP contribution in [0.3, 0.4) is 0 Å². The first-order valence-corrected chi connectivity index (χ1v) is 12.5. The molecule has 1 fully saturated rings. The summed E-state index contributed by atoms with van der Waals surface area (Å²) in [5.74, 6) is -0.214. The molecule has 1 aromatic heterocycles. The molecule has 1 aliphatic heterocycles. The SMILES string of the molecule is CCOc1ncc(Nc2cc(C(C)(C)CC(=O)O)ccc2N(CC)C2CCSC(O)(O)C2)cn1. The van der Waals surface area contributed by atoms with Crippen LogP contribution in [0.5, 0.6) is 6.01 Å². The van der Waals surface area contributed by atoms with Gasteiger partial charge in [-0.15, -0.1) is 0 Å². The summed E-state index contributed by atoms with van der Waals surface area (Å²) in [7, 11) is 0. The molecule has 0 bridgehead atoms. The quantitative estimate of drug-likeness (QED) is 0.366. The number of hydrogen-bond acceptors (Lipinski definition) is 9. The number of rotatable bonds is 10. The van der Waals surface area contributed by atoms with Crippen molar-refractivity contribution in [2.24, 2.45) is 0 Å². The molecule has 1 aromatic carbocycles. The minimum absolute atomic E-state index is 0.00711. The number of benzene rings is 1. The maximum absolute atomic E-state index is 11.4. The molecule has 2 heterocycles. The lowest BCUT2D eigenvalue weighted by Gasteiger charge is -2.40. The number of aliphatic carboxylic acids is 1. The van der Waals surface area contributed by atoms with E-state index in [9.17, 15) is 20.1 Å². The number of aliphatic hydroxyl groups is 2. The second-order valence-electron chi connectivity index (χ2n) is 9.02. The van der Waals surface area contributed by atoms with Gasteiger partial charge in [-0.05, 0) is 38.0 Å². The predicted molar refractivity (Wildman–Crippen MR) is 134 cm³/mol. The number of nitrogens with one attached hydrogen (secondary N) is 1. The fraction of sp³-hybridized carbons (Fsp3) is 0.542. The number of aromatic nitrogens is 2. The fourth-order valence-electron chi connectivity index (χ4n) is 4.25. The molecular formula is C24H34N4O5S. The van der Waals surface area contributed by atoms with Gasteiger partial charge in [0, 0.05) is 30.2 Å². The molecule has 0 saturated carbocycles. The van der Waals surface area contributed by atoms with Gasteiger partial charge in [0.1, 0.15) is 0 Å². The van der Waals surface area contributed by atoms with E-state index in [0.29, 0.717) is 30.6 Å². The Hall–Kier alpha value is -2.56. The van der Waals surface area contributed by atoms with Crippen molar-refractivity contribution in [3.8, 4) is 6.01 Å². The molecule has 34 heavy (non-hydrogen) atoms. The molecular weight excluding hydrogens is 456 g/mol. The van der Waals surface area contributed by atoms with Crippen molar-refractivity contribution in [2.75, 3.05) is 29.1 Å². The first-order valence-electron chi connectivity index (χ1n) is 11.5. The second kappa shape index (κ2) is 10.8. The standard InChI is InChI=1S/C24H34N4O5S/c1-5-28(18-9-10-34-24(31,32)12-18)20-8-7-16(23(3,4)13-21(29)30)11-19(20)27-17-14-25-22(26-15-17)33-6-2/h7-8,11,14-15,18,27,31-32H,5-6,9-10,12-13H2,1-4H3,(H,29,30). The zero-order valence-corrected chi connectivity index (χ0v) is 20.9. The first kappa shape index (κ1) is 26.1. The molecule has 1 aliphatic rings. The molecule has 10 heteroatoms. The van der Waals surface area contributed by atoms with E-state index in [1.54, 1.807) is 12.4 Å². The predicted octanol–water partition coefficient (Wildman–Crippen LogP) is 3.73. The maximum atomic E-state index is 11.4. The molecule has 1 unspecified atom stereocenters. The minimum Gasteiger partial charge on any atom is -0.481 e. The molecule has 3 rings (SSSR count). The van der Waals surface area contributed by atoms with Gasteiger partial charge in [-0.25, -0.2) is 9.97 Å². The van der Waals surface area contributed by atoms with Crippen LogP contribution in [0.15, 0.2) is 30.6 Å². The number of carboxylic acids is 1. The van der Waals surface area contributed by atoms with Gasteiger partial charge in [-0.1, -0.05) is 31.7 Å². The topological polar surface area (TPSA) is 128 Å². The number of carboxylic acid groups (broad SMARTS) is 1. The molecule has 0 radical (unpaired) electrons. The number of ether oxygens (including phenoxy) is 1. The summed E-state index contributed by atoms with van der Waals surface area (Å²) in [6, 6.07) is 6.11. The van der Waals surface area contributed by atoms with Crippen LogP contribution < -0.4 is 15.0 Å². The van der Waals surface area contributed by atoms with E-state index in [1.807, 2.05) is 45.9 Å². The number of anilines is 3. The molecule has 0 amide bonds. The zero-order valence-electron chi connectivity index (χ0n) is 20.1. The first-order chi connectivity index (χ1) is 16.0. The van der Waals surface area contributed by atoms with E-state index < -0.39 is 16.5 Å². The molecule has 1 atom stereocenters. The normalized spacial score (nSPS) is 17.8. The number of nitrogens with zero attached hydrogens (tertiary/aromatic N) is 3. The Morgan fingerprint density at radius 1 is 1.29 bits per heavy atom. The Morgan fingerprint density at radius 3 is 2.59 bits per heavy atom. The van der Waals surface area contributed by atoms with Crippen LogP contribution in [0.4, 0.5) is 17.1 Å². The van der Waals surface area contributed by atoms with Gasteiger partial charge in [0.2, 0.25) is 5.12 Å². The fourth-order valence-corrected chi connectivity index (χ4v) is 5.27. The van der Waals surface area contributed by atoms with Crippen LogP contribution in [-0.4, -0.2) is 61.3 Å². The van der Waals surface area contributed by atoms with Crippen molar-refractivity contribution >= 4 is 34.8 Å². The molecule has 9 nitrogen and oxygen atoms in total. The molecule has 2 aromatic rings. The Bertz CT molecular complexity index is 984. The summed E-state index contributed by atoms with van der Waals surface area (Å²) in [5, 5.41) is 31.5. The largest absolute Gasteiger partial charge is 0.481 e. The van der Waals surface area contributed by atoms with Crippen LogP contribution in [0.25, 0.3) is 0 Å². The van der Waals surface area contributed by atoms with Crippen molar-refractivity contribution < 1.29 is 24.9 Å². The molecule has 0 spiro atoms. The van der Waals surface area contributed by atoms with Crippen molar-refractivity contribution in [3.05, 3.63) is 36.2 Å². The van der Waals surface area contributed by atoms with E-state index in [4.69, 9.17) is 4.74 Å². The van der Waals surface area contributed by atoms with Crippen molar-refractivity contribution in [2.45, 2.75) is 63.5 Å². The van der Waals surface area contributed by atoms with Gasteiger partial charge in [0.15, 0.2) is 0 Å². The minimum atomic E-state index is -1.75. The third kappa shape index (κ3) is 6.52. The molecule has 0 aliphatic carbocycles. The third-order valence-corrected chi connectivity index (χ3v) is 7.00. The van der Waals surface area contributed by atoms with Crippen molar-refractivity contribution in [1.29, 1.82) is 0 Å². The summed E-state index contributed by atoms with van der Waals surface area (Å²) in [5.41, 5.74) is 2.61. The van der Waals surface area contributed by atoms with E-state index in [2.05, 4.69) is 20.2 Å². The van der Waals surface area contributed by atoms with Crippen LogP contribution in [-0.2, 0) is 10.2 Å². The van der Waals surface area contributed by atoms with Gasteiger partial charge in [0.05, 0.1) is 42.5 Å². The Morgan fingerprint density at radius 2 is 2.00 bits per heavy atom. The highest BCUT2D eigenvalue weighted by Gasteiger charge is 2.36. The Balaban J connectivity index is 2.00. The van der Waals surface area contributed by atoms with Gasteiger partial charge in [0.25, 0.3) is 0 Å². The second-order valence-corrected chi connectivity index (χ2v) is 10.4. The van der Waals surface area contributed by atoms with Gasteiger partial charge in [-0.3, -0.25) is 4.79 Å². The third-order valence-electron chi connectivity index (χ3n) is 5.93. The van der Waals surface area contributed by atoms with Crippen molar-refractivity contribution in [3.63, 3.8) is 0 Å². The van der Waals surface area contributed by atoms with Crippen molar-refractivity contribution in [1.82, 2.24) is 9.97 Å². The summed E-state index contributed by atoms with van der Waals surface area (Å²) in [4.78, 5) is 22.0. The van der Waals surface area contributed by atoms with E-state index in [0.717, 1.165) is 35.1 Å². The lowest BCUT2D eigenvalue weighted by molar-refractivity contribution is -0.138. The number of hydrogen-bond donors (Lipinski definition) is 4. The van der Waals surface area contributed by atoms with Gasteiger partial charge in [-0.2, -0.15) is 0 Å². The van der Waals surface area contributed by atoms with Gasteiger partial charge >= 0.3 is 12.0 Å². The lowest BCUT2D eigenvalue weighted by Crippen LogP contribution is -2.45.